The van der Waals surface area contributed by atoms with Gasteiger partial charge < -0.3 is 11.1 Å². The second-order valence-corrected chi connectivity index (χ2v) is 3.29. The van der Waals surface area contributed by atoms with Crippen LogP contribution in [0.15, 0.2) is 16.6 Å². The van der Waals surface area contributed by atoms with E-state index in [1.807, 2.05) is 0 Å². The van der Waals surface area contributed by atoms with Crippen LogP contribution in [-0.2, 0) is 4.79 Å². The molecule has 0 aliphatic rings. The minimum atomic E-state index is -0.204. The second-order valence-electron chi connectivity index (χ2n) is 2.37. The highest BCUT2D eigenvalue weighted by Crippen LogP contribution is 2.16. The lowest BCUT2D eigenvalue weighted by Crippen LogP contribution is -2.11. The molecule has 1 amide bonds. The van der Waals surface area contributed by atoms with Gasteiger partial charge >= 0.3 is 0 Å². The molecule has 0 spiro atoms. The third-order valence-corrected chi connectivity index (χ3v) is 1.78. The van der Waals surface area contributed by atoms with Gasteiger partial charge in [-0.2, -0.15) is 0 Å². The van der Waals surface area contributed by atoms with Crippen molar-refractivity contribution >= 4 is 33.5 Å². The quantitative estimate of drug-likeness (QED) is 0.828. The maximum atomic E-state index is 10.9. The predicted molar refractivity (Wildman–Crippen MR) is 55.0 cm³/mol. The number of carbonyl (C=O) groups excluding carboxylic acids is 1. The zero-order valence-electron chi connectivity index (χ0n) is 7.04. The summed E-state index contributed by atoms with van der Waals surface area (Å²) < 4.78 is 0.784. The third-order valence-electron chi connectivity index (χ3n) is 1.32. The van der Waals surface area contributed by atoms with Gasteiger partial charge in [-0.1, -0.05) is 22.9 Å². The molecule has 1 aromatic heterocycles. The fourth-order valence-corrected chi connectivity index (χ4v) is 1.23. The van der Waals surface area contributed by atoms with Crippen molar-refractivity contribution in [3.8, 4) is 0 Å². The largest absolute Gasteiger partial charge is 0.384 e. The van der Waals surface area contributed by atoms with Crippen LogP contribution in [0.3, 0.4) is 0 Å². The summed E-state index contributed by atoms with van der Waals surface area (Å²) in [6, 6.07) is 3.34. The molecule has 0 aromatic carbocycles. The number of aromatic nitrogens is 1. The van der Waals surface area contributed by atoms with Gasteiger partial charge in [0.1, 0.15) is 11.6 Å². The fraction of sp³-hybridized carbons (Fsp3) is 0.125. The van der Waals surface area contributed by atoms with Crippen molar-refractivity contribution in [1.82, 2.24) is 4.98 Å². The number of hydrogen-bond donors (Lipinski definition) is 2. The monoisotopic (exact) mass is 242 g/mol. The van der Waals surface area contributed by atoms with Crippen LogP contribution in [0, 0.1) is 6.42 Å². The van der Waals surface area contributed by atoms with Gasteiger partial charge in [0.25, 0.3) is 0 Å². The minimum Gasteiger partial charge on any atom is -0.384 e. The van der Waals surface area contributed by atoms with Crippen molar-refractivity contribution in [2.24, 2.45) is 0 Å². The van der Waals surface area contributed by atoms with Gasteiger partial charge in [0, 0.05) is 10.9 Å². The first-order chi connectivity index (χ1) is 6.11. The number of pyridine rings is 1. The van der Waals surface area contributed by atoms with Crippen LogP contribution in [0.2, 0.25) is 0 Å². The molecular formula is C8H9BrN3O. The summed E-state index contributed by atoms with van der Waals surface area (Å²) in [5, 5.41) is 2.56. The Morgan fingerprint density at radius 1 is 1.69 bits per heavy atom. The van der Waals surface area contributed by atoms with Crippen LogP contribution in [0.5, 0.6) is 0 Å². The van der Waals surface area contributed by atoms with Crippen molar-refractivity contribution < 1.29 is 4.79 Å². The predicted octanol–water partition coefficient (Wildman–Crippen LogP) is 1.59. The van der Waals surface area contributed by atoms with Crippen LogP contribution in [0.25, 0.3) is 0 Å². The summed E-state index contributed by atoms with van der Waals surface area (Å²) in [4.78, 5) is 14.9. The lowest BCUT2D eigenvalue weighted by molar-refractivity contribution is -0.113. The highest BCUT2D eigenvalue weighted by atomic mass is 79.9. The van der Waals surface area contributed by atoms with Crippen LogP contribution in [0.4, 0.5) is 11.6 Å². The lowest BCUT2D eigenvalue weighted by Gasteiger charge is -2.03. The van der Waals surface area contributed by atoms with E-state index in [-0.39, 0.29) is 5.91 Å². The Morgan fingerprint density at radius 2 is 2.38 bits per heavy atom. The zero-order valence-corrected chi connectivity index (χ0v) is 8.63. The molecule has 4 nitrogen and oxygen atoms in total. The van der Waals surface area contributed by atoms with E-state index in [2.05, 4.69) is 26.2 Å². The van der Waals surface area contributed by atoms with E-state index < -0.39 is 0 Å². The second kappa shape index (κ2) is 4.23. The van der Waals surface area contributed by atoms with Crippen molar-refractivity contribution in [3.63, 3.8) is 0 Å². The molecule has 1 aromatic rings. The first kappa shape index (κ1) is 9.98. The van der Waals surface area contributed by atoms with E-state index in [0.717, 1.165) is 4.47 Å². The Balaban J connectivity index is 2.83. The van der Waals surface area contributed by atoms with Crippen molar-refractivity contribution in [2.75, 3.05) is 11.1 Å². The maximum Gasteiger partial charge on any atom is 0.229 e. The number of nitrogens with one attached hydrogen (secondary N) is 1. The number of nitrogens with zero attached hydrogens (tertiary/aromatic N) is 1. The van der Waals surface area contributed by atoms with Crippen molar-refractivity contribution in [2.45, 2.75) is 6.92 Å². The van der Waals surface area contributed by atoms with Crippen molar-refractivity contribution in [1.29, 1.82) is 0 Å². The smallest absolute Gasteiger partial charge is 0.229 e. The number of nitrogens with two attached hydrogens (primary N) is 1. The van der Waals surface area contributed by atoms with E-state index in [1.54, 1.807) is 19.1 Å². The summed E-state index contributed by atoms with van der Waals surface area (Å²) in [6.45, 7) is 1.65. The average Bonchev–Trinajstić information content (AvgIpc) is 2.02. The number of carbonyl (C=O) groups is 1. The summed E-state index contributed by atoms with van der Waals surface area (Å²) in [6.07, 6.45) is 1.42. The molecule has 1 heterocycles. The Labute approximate surface area is 84.7 Å². The van der Waals surface area contributed by atoms with E-state index in [4.69, 9.17) is 5.73 Å². The lowest BCUT2D eigenvalue weighted by atomic mass is 10.4. The summed E-state index contributed by atoms with van der Waals surface area (Å²) >= 11 is 3.24. The number of nitrogen functional groups attached to an aromatic ring is 1. The molecule has 0 saturated heterocycles. The van der Waals surface area contributed by atoms with Crippen LogP contribution in [-0.4, -0.2) is 10.9 Å². The van der Waals surface area contributed by atoms with Crippen LogP contribution < -0.4 is 11.1 Å². The van der Waals surface area contributed by atoms with Gasteiger partial charge in [0.2, 0.25) is 5.91 Å². The molecule has 0 aliphatic heterocycles. The van der Waals surface area contributed by atoms with E-state index in [9.17, 15) is 4.79 Å². The molecule has 13 heavy (non-hydrogen) atoms. The number of amides is 1. The molecule has 0 unspecified atom stereocenters. The molecule has 0 fully saturated rings. The summed E-state index contributed by atoms with van der Waals surface area (Å²) in [5.41, 5.74) is 5.47. The standard InChI is InChI=1S/C8H9BrN3O/c1-2-8(13)12-7-4-5(9)3-6(10)11-7/h2-4H,1H3,(H3,10,11,12,13). The highest BCUT2D eigenvalue weighted by molar-refractivity contribution is 9.10. The average molecular weight is 243 g/mol. The molecule has 1 radical (unpaired) electrons. The number of rotatable bonds is 2. The van der Waals surface area contributed by atoms with E-state index >= 15 is 0 Å². The van der Waals surface area contributed by atoms with Gasteiger partial charge in [-0.05, 0) is 12.1 Å². The SMILES string of the molecule is C[CH]C(=O)Nc1cc(Br)cc(N)n1. The molecule has 1 rings (SSSR count). The van der Waals surface area contributed by atoms with Gasteiger partial charge in [-0.3, -0.25) is 4.79 Å². The topological polar surface area (TPSA) is 68.0 Å². The maximum absolute atomic E-state index is 10.9. The first-order valence-electron chi connectivity index (χ1n) is 3.65. The Hall–Kier alpha value is -1.10. The van der Waals surface area contributed by atoms with Gasteiger partial charge in [-0.25, -0.2) is 4.98 Å². The minimum absolute atomic E-state index is 0.204. The number of hydrogen-bond acceptors (Lipinski definition) is 3. The fourth-order valence-electron chi connectivity index (χ4n) is 0.780. The third kappa shape index (κ3) is 3.02. The van der Waals surface area contributed by atoms with Crippen LogP contribution >= 0.6 is 15.9 Å². The Bertz CT molecular complexity index is 307. The van der Waals surface area contributed by atoms with E-state index in [1.165, 1.54) is 6.42 Å². The van der Waals surface area contributed by atoms with Gasteiger partial charge in [0.05, 0.1) is 0 Å². The summed E-state index contributed by atoms with van der Waals surface area (Å²) in [5.74, 6) is 0.598. The van der Waals surface area contributed by atoms with Gasteiger partial charge in [0.15, 0.2) is 0 Å². The molecule has 0 saturated carbocycles. The number of anilines is 2. The first-order valence-corrected chi connectivity index (χ1v) is 4.44. The van der Waals surface area contributed by atoms with Gasteiger partial charge in [-0.15, -0.1) is 0 Å². The van der Waals surface area contributed by atoms with Crippen molar-refractivity contribution in [3.05, 3.63) is 23.0 Å². The Kier molecular flexibility index (Phi) is 3.25. The molecule has 0 bridgehead atoms. The molecular weight excluding hydrogens is 234 g/mol. The molecule has 0 aliphatic carbocycles. The zero-order chi connectivity index (χ0) is 9.84. The Morgan fingerprint density at radius 3 is 2.92 bits per heavy atom. The highest BCUT2D eigenvalue weighted by Gasteiger charge is 2.02. The molecule has 69 valence electrons. The molecule has 3 N–H and O–H groups in total. The molecule has 0 atom stereocenters. The normalized spacial score (nSPS) is 9.69. The summed E-state index contributed by atoms with van der Waals surface area (Å²) in [7, 11) is 0. The van der Waals surface area contributed by atoms with E-state index in [0.29, 0.717) is 11.6 Å². The van der Waals surface area contributed by atoms with Crippen LogP contribution in [0.1, 0.15) is 6.92 Å². The molecule has 5 heteroatoms. The number of halogens is 1.